The number of carbonyl (C=O) groups is 2. The van der Waals surface area contributed by atoms with Gasteiger partial charge >= 0.3 is 0 Å². The highest BCUT2D eigenvalue weighted by Crippen LogP contribution is 2.55. The van der Waals surface area contributed by atoms with Gasteiger partial charge in [-0.3, -0.25) is 9.59 Å². The molecule has 5 nitrogen and oxygen atoms in total. The molecule has 0 aromatic carbocycles. The highest BCUT2D eigenvalue weighted by Gasteiger charge is 2.61. The summed E-state index contributed by atoms with van der Waals surface area (Å²) >= 11 is 0. The van der Waals surface area contributed by atoms with E-state index in [0.717, 1.165) is 6.42 Å². The lowest BCUT2D eigenvalue weighted by Gasteiger charge is -2.18. The van der Waals surface area contributed by atoms with E-state index in [2.05, 4.69) is 18.2 Å². The minimum absolute atomic E-state index is 0.108. The molecule has 2 bridgehead atoms. The summed E-state index contributed by atoms with van der Waals surface area (Å²) in [6.07, 6.45) is 3.11. The van der Waals surface area contributed by atoms with E-state index in [4.69, 9.17) is 4.52 Å². The highest BCUT2D eigenvalue weighted by atomic mass is 16.5. The van der Waals surface area contributed by atoms with Crippen LogP contribution in [-0.2, 0) is 9.59 Å². The Kier molecular flexibility index (Phi) is 1.93. The van der Waals surface area contributed by atoms with E-state index in [1.54, 1.807) is 13.0 Å². The van der Waals surface area contributed by atoms with E-state index in [9.17, 15) is 9.59 Å². The van der Waals surface area contributed by atoms with Crippen LogP contribution < -0.4 is 4.90 Å². The first-order valence-corrected chi connectivity index (χ1v) is 6.57. The second-order valence-electron chi connectivity index (χ2n) is 5.78. The summed E-state index contributed by atoms with van der Waals surface area (Å²) in [5.74, 6) is 0.818. The molecule has 1 saturated heterocycles. The Morgan fingerprint density at radius 1 is 1.26 bits per heavy atom. The van der Waals surface area contributed by atoms with E-state index >= 15 is 0 Å². The lowest BCUT2D eigenvalue weighted by Crippen LogP contribution is -2.33. The molecule has 1 aliphatic heterocycles. The van der Waals surface area contributed by atoms with Crippen molar-refractivity contribution in [2.45, 2.75) is 20.3 Å². The van der Waals surface area contributed by atoms with Crippen LogP contribution in [0.15, 0.2) is 22.2 Å². The van der Waals surface area contributed by atoms with Gasteiger partial charge in [-0.05, 0) is 32.1 Å². The predicted octanol–water partition coefficient (Wildman–Crippen LogP) is 1.68. The van der Waals surface area contributed by atoms with Gasteiger partial charge in [-0.15, -0.1) is 0 Å². The molecule has 1 aromatic rings. The Labute approximate surface area is 110 Å². The van der Waals surface area contributed by atoms with E-state index in [0.29, 0.717) is 11.6 Å². The average molecular weight is 258 g/mol. The molecule has 19 heavy (non-hydrogen) atoms. The maximum absolute atomic E-state index is 12.5. The van der Waals surface area contributed by atoms with Gasteiger partial charge in [0, 0.05) is 6.07 Å². The van der Waals surface area contributed by atoms with Crippen LogP contribution in [0.1, 0.15) is 19.1 Å². The zero-order valence-electron chi connectivity index (χ0n) is 10.8. The van der Waals surface area contributed by atoms with Gasteiger partial charge in [0.1, 0.15) is 5.76 Å². The normalized spacial score (nSPS) is 36.1. The van der Waals surface area contributed by atoms with E-state index < -0.39 is 0 Å². The molecule has 0 N–H and O–H groups in total. The molecule has 2 aliphatic carbocycles. The lowest BCUT2D eigenvalue weighted by molar-refractivity contribution is -0.123. The number of hydrogen-bond acceptors (Lipinski definition) is 4. The number of imide groups is 1. The Bertz CT molecular complexity index is 630. The molecule has 5 heteroatoms. The van der Waals surface area contributed by atoms with Crippen LogP contribution >= 0.6 is 0 Å². The summed E-state index contributed by atoms with van der Waals surface area (Å²) < 4.78 is 4.98. The second kappa shape index (κ2) is 3.35. The van der Waals surface area contributed by atoms with Crippen molar-refractivity contribution < 1.29 is 14.1 Å². The average Bonchev–Trinajstić information content (AvgIpc) is 3.05. The molecule has 98 valence electrons. The number of aryl methyl sites for hydroxylation is 1. The summed E-state index contributed by atoms with van der Waals surface area (Å²) in [5.41, 5.74) is 1.26. The number of amides is 2. The molecule has 4 unspecified atom stereocenters. The fourth-order valence-corrected chi connectivity index (χ4v) is 3.96. The van der Waals surface area contributed by atoms with Gasteiger partial charge in [0.2, 0.25) is 11.8 Å². The zero-order valence-corrected chi connectivity index (χ0v) is 10.8. The third kappa shape index (κ3) is 1.22. The summed E-state index contributed by atoms with van der Waals surface area (Å²) in [4.78, 5) is 26.3. The van der Waals surface area contributed by atoms with E-state index in [-0.39, 0.29) is 35.5 Å². The van der Waals surface area contributed by atoms with Crippen LogP contribution in [0.4, 0.5) is 5.82 Å². The standard InChI is InChI=1S/C14H14N2O3/c1-6-3-8-5-9(6)12-11(8)13(17)16(14(12)18)10-4-7(2)19-15-10/h3-4,8-9,11-12H,5H2,1-2H3. The number of rotatable bonds is 1. The molecule has 0 spiro atoms. The summed E-state index contributed by atoms with van der Waals surface area (Å²) in [6, 6.07) is 1.64. The van der Waals surface area contributed by atoms with Crippen LogP contribution in [-0.4, -0.2) is 17.0 Å². The molecule has 1 saturated carbocycles. The van der Waals surface area contributed by atoms with Gasteiger partial charge in [0.15, 0.2) is 5.82 Å². The Hall–Kier alpha value is -1.91. The maximum atomic E-state index is 12.5. The van der Waals surface area contributed by atoms with Gasteiger partial charge in [0.05, 0.1) is 11.8 Å². The van der Waals surface area contributed by atoms with Gasteiger partial charge in [0.25, 0.3) is 0 Å². The molecule has 4 atom stereocenters. The lowest BCUT2D eigenvalue weighted by atomic mass is 9.82. The number of allylic oxidation sites excluding steroid dienone is 2. The molecular weight excluding hydrogens is 244 g/mol. The van der Waals surface area contributed by atoms with Crippen LogP contribution in [0.2, 0.25) is 0 Å². The third-order valence-electron chi connectivity index (χ3n) is 4.73. The monoisotopic (exact) mass is 258 g/mol. The number of aromatic nitrogens is 1. The number of carbonyl (C=O) groups excluding carboxylic acids is 2. The van der Waals surface area contributed by atoms with Crippen molar-refractivity contribution in [3.8, 4) is 0 Å². The van der Waals surface area contributed by atoms with Gasteiger partial charge in [-0.1, -0.05) is 16.8 Å². The quantitative estimate of drug-likeness (QED) is 0.568. The van der Waals surface area contributed by atoms with E-state index in [1.165, 1.54) is 10.5 Å². The molecular formula is C14H14N2O3. The first-order valence-electron chi connectivity index (χ1n) is 6.57. The fourth-order valence-electron chi connectivity index (χ4n) is 3.96. The molecule has 2 heterocycles. The van der Waals surface area contributed by atoms with Gasteiger partial charge < -0.3 is 4.52 Å². The smallest absolute Gasteiger partial charge is 0.239 e. The van der Waals surface area contributed by atoms with Crippen molar-refractivity contribution in [2.24, 2.45) is 23.7 Å². The van der Waals surface area contributed by atoms with Crippen molar-refractivity contribution >= 4 is 17.6 Å². The molecule has 1 aromatic heterocycles. The minimum Gasteiger partial charge on any atom is -0.360 e. The highest BCUT2D eigenvalue weighted by molar-refractivity contribution is 6.22. The Morgan fingerprint density at radius 2 is 2.00 bits per heavy atom. The van der Waals surface area contributed by atoms with Crippen molar-refractivity contribution in [1.29, 1.82) is 0 Å². The number of fused-ring (bicyclic) bond motifs is 5. The second-order valence-corrected chi connectivity index (χ2v) is 5.78. The van der Waals surface area contributed by atoms with E-state index in [1.807, 2.05) is 0 Å². The summed E-state index contributed by atoms with van der Waals surface area (Å²) in [7, 11) is 0. The topological polar surface area (TPSA) is 63.4 Å². The van der Waals surface area contributed by atoms with Crippen molar-refractivity contribution in [1.82, 2.24) is 5.16 Å². The molecule has 0 radical (unpaired) electrons. The van der Waals surface area contributed by atoms with Crippen molar-refractivity contribution in [2.75, 3.05) is 4.90 Å². The first-order chi connectivity index (χ1) is 9.08. The Morgan fingerprint density at radius 3 is 2.68 bits per heavy atom. The third-order valence-corrected chi connectivity index (χ3v) is 4.73. The molecule has 3 aliphatic rings. The van der Waals surface area contributed by atoms with Crippen LogP contribution in [0.5, 0.6) is 0 Å². The minimum atomic E-state index is -0.182. The maximum Gasteiger partial charge on any atom is 0.239 e. The summed E-state index contributed by atoms with van der Waals surface area (Å²) in [5, 5.41) is 3.81. The van der Waals surface area contributed by atoms with Crippen molar-refractivity contribution in [3.63, 3.8) is 0 Å². The number of hydrogen-bond donors (Lipinski definition) is 0. The van der Waals surface area contributed by atoms with Crippen LogP contribution in [0, 0.1) is 30.6 Å². The molecule has 4 rings (SSSR count). The zero-order chi connectivity index (χ0) is 13.3. The summed E-state index contributed by atoms with van der Waals surface area (Å²) in [6.45, 7) is 3.80. The Balaban J connectivity index is 1.76. The largest absolute Gasteiger partial charge is 0.360 e. The van der Waals surface area contributed by atoms with Crippen molar-refractivity contribution in [3.05, 3.63) is 23.5 Å². The predicted molar refractivity (Wildman–Crippen MR) is 66.1 cm³/mol. The van der Waals surface area contributed by atoms with Crippen LogP contribution in [0.3, 0.4) is 0 Å². The SMILES string of the molecule is CC1=CC2CC1C1C(=O)N(c3cc(C)on3)C(=O)C21. The molecule has 2 amide bonds. The number of anilines is 1. The van der Waals surface area contributed by atoms with Gasteiger partial charge in [-0.2, -0.15) is 0 Å². The first kappa shape index (κ1) is 11.0. The van der Waals surface area contributed by atoms with Gasteiger partial charge in [-0.25, -0.2) is 4.90 Å². The molecule has 2 fully saturated rings. The number of nitrogens with zero attached hydrogens (tertiary/aromatic N) is 2. The fraction of sp³-hybridized carbons (Fsp3) is 0.500. The van der Waals surface area contributed by atoms with Crippen LogP contribution in [0.25, 0.3) is 0 Å².